The molecule has 6 heteroatoms. The van der Waals surface area contributed by atoms with Crippen molar-refractivity contribution < 1.29 is 18.0 Å². The SMILES string of the molecule is O=C(CC1CCCC1)NC(Cc1ccccc1)(c1cccc(C(F)(F)F)c1)c1ccccn1. The summed E-state index contributed by atoms with van der Waals surface area (Å²) in [5.41, 5.74) is -0.229. The topological polar surface area (TPSA) is 42.0 Å². The van der Waals surface area contributed by atoms with Crippen molar-refractivity contribution in [2.45, 2.75) is 50.2 Å². The third-order valence-corrected chi connectivity index (χ3v) is 6.40. The average molecular weight is 453 g/mol. The number of alkyl halides is 3. The first-order valence-electron chi connectivity index (χ1n) is 11.3. The number of aromatic nitrogens is 1. The molecule has 172 valence electrons. The highest BCUT2D eigenvalue weighted by Crippen LogP contribution is 2.37. The molecule has 1 aromatic heterocycles. The van der Waals surface area contributed by atoms with Gasteiger partial charge in [-0.1, -0.05) is 61.4 Å². The number of carbonyl (C=O) groups is 1. The first kappa shape index (κ1) is 23.0. The van der Waals surface area contributed by atoms with Crippen LogP contribution in [0.15, 0.2) is 79.0 Å². The van der Waals surface area contributed by atoms with Crippen LogP contribution in [0, 0.1) is 5.92 Å². The van der Waals surface area contributed by atoms with E-state index in [4.69, 9.17) is 0 Å². The van der Waals surface area contributed by atoms with Crippen LogP contribution < -0.4 is 5.32 Å². The van der Waals surface area contributed by atoms with Crippen molar-refractivity contribution in [1.29, 1.82) is 0 Å². The van der Waals surface area contributed by atoms with Crippen LogP contribution in [0.5, 0.6) is 0 Å². The standard InChI is InChI=1S/C27H27F3N2O/c28-27(29,30)23-14-8-13-22(18-23)26(24-15-6-7-16-31-24,19-21-11-2-1-3-12-21)32-25(33)17-20-9-4-5-10-20/h1-3,6-8,11-16,18,20H,4-5,9-10,17,19H2,(H,32,33). The summed E-state index contributed by atoms with van der Waals surface area (Å²) in [6, 6.07) is 20.0. The fourth-order valence-electron chi connectivity index (χ4n) is 4.76. The second-order valence-electron chi connectivity index (χ2n) is 8.76. The van der Waals surface area contributed by atoms with E-state index in [1.54, 1.807) is 30.5 Å². The van der Waals surface area contributed by atoms with Crippen LogP contribution in [0.2, 0.25) is 0 Å². The normalized spacial score (nSPS) is 16.3. The molecule has 0 saturated heterocycles. The number of nitrogens with one attached hydrogen (secondary N) is 1. The first-order chi connectivity index (χ1) is 15.9. The van der Waals surface area contributed by atoms with Crippen LogP contribution in [0.25, 0.3) is 0 Å². The predicted octanol–water partition coefficient (Wildman–Crippen LogP) is 6.28. The van der Waals surface area contributed by atoms with Gasteiger partial charge >= 0.3 is 6.18 Å². The molecular formula is C27H27F3N2O. The summed E-state index contributed by atoms with van der Waals surface area (Å²) in [7, 11) is 0. The maximum atomic E-state index is 13.6. The van der Waals surface area contributed by atoms with Gasteiger partial charge in [0.25, 0.3) is 0 Å². The van der Waals surface area contributed by atoms with Gasteiger partial charge in [0.15, 0.2) is 0 Å². The summed E-state index contributed by atoms with van der Waals surface area (Å²) in [6.45, 7) is 0. The van der Waals surface area contributed by atoms with E-state index in [2.05, 4.69) is 10.3 Å². The lowest BCUT2D eigenvalue weighted by atomic mass is 9.79. The minimum atomic E-state index is -4.49. The van der Waals surface area contributed by atoms with Crippen LogP contribution in [0.1, 0.15) is 54.5 Å². The summed E-state index contributed by atoms with van der Waals surface area (Å²) in [5.74, 6) is 0.144. The number of carbonyl (C=O) groups excluding carboxylic acids is 1. The van der Waals surface area contributed by atoms with Crippen molar-refractivity contribution in [2.24, 2.45) is 5.92 Å². The Hall–Kier alpha value is -3.15. The molecule has 4 rings (SSSR count). The molecule has 0 bridgehead atoms. The predicted molar refractivity (Wildman–Crippen MR) is 121 cm³/mol. The minimum Gasteiger partial charge on any atom is -0.341 e. The van der Waals surface area contributed by atoms with Gasteiger partial charge in [-0.15, -0.1) is 0 Å². The Labute approximate surface area is 192 Å². The zero-order valence-corrected chi connectivity index (χ0v) is 18.3. The minimum absolute atomic E-state index is 0.166. The number of nitrogens with zero attached hydrogens (tertiary/aromatic N) is 1. The molecule has 1 aliphatic rings. The molecular weight excluding hydrogens is 425 g/mol. The van der Waals surface area contributed by atoms with Crippen molar-refractivity contribution in [3.63, 3.8) is 0 Å². The van der Waals surface area contributed by atoms with Crippen LogP contribution in [-0.4, -0.2) is 10.9 Å². The molecule has 3 nitrogen and oxygen atoms in total. The molecule has 33 heavy (non-hydrogen) atoms. The molecule has 1 unspecified atom stereocenters. The zero-order chi connectivity index (χ0) is 23.3. The number of halogens is 3. The summed E-state index contributed by atoms with van der Waals surface area (Å²) < 4.78 is 40.8. The number of hydrogen-bond donors (Lipinski definition) is 1. The summed E-state index contributed by atoms with van der Waals surface area (Å²) in [4.78, 5) is 17.8. The Balaban J connectivity index is 1.83. The Kier molecular flexibility index (Phi) is 6.82. The zero-order valence-electron chi connectivity index (χ0n) is 18.3. The summed E-state index contributed by atoms with van der Waals surface area (Å²) >= 11 is 0. The summed E-state index contributed by atoms with van der Waals surface area (Å²) in [6.07, 6.45) is 1.99. The van der Waals surface area contributed by atoms with Crippen molar-refractivity contribution in [2.75, 3.05) is 0 Å². The van der Waals surface area contributed by atoms with E-state index in [0.29, 0.717) is 23.6 Å². The van der Waals surface area contributed by atoms with E-state index >= 15 is 0 Å². The molecule has 3 aromatic rings. The summed E-state index contributed by atoms with van der Waals surface area (Å²) in [5, 5.41) is 3.15. The lowest BCUT2D eigenvalue weighted by Gasteiger charge is -2.36. The number of amides is 1. The van der Waals surface area contributed by atoms with E-state index in [1.165, 1.54) is 6.07 Å². The van der Waals surface area contributed by atoms with Crippen LogP contribution >= 0.6 is 0 Å². The Bertz CT molecular complexity index is 1060. The van der Waals surface area contributed by atoms with Gasteiger partial charge in [0.2, 0.25) is 5.91 Å². The fourth-order valence-corrected chi connectivity index (χ4v) is 4.76. The van der Waals surface area contributed by atoms with E-state index < -0.39 is 17.3 Å². The van der Waals surface area contributed by atoms with Gasteiger partial charge in [-0.2, -0.15) is 13.2 Å². The van der Waals surface area contributed by atoms with Crippen molar-refractivity contribution in [1.82, 2.24) is 10.3 Å². The van der Waals surface area contributed by atoms with Gasteiger partial charge in [0.05, 0.1) is 11.3 Å². The lowest BCUT2D eigenvalue weighted by Crippen LogP contribution is -2.49. The van der Waals surface area contributed by atoms with Gasteiger partial charge in [0, 0.05) is 19.0 Å². The van der Waals surface area contributed by atoms with Gasteiger partial charge in [-0.05, 0) is 54.2 Å². The molecule has 1 N–H and O–H groups in total. The Morgan fingerprint density at radius 2 is 1.61 bits per heavy atom. The quantitative estimate of drug-likeness (QED) is 0.458. The second kappa shape index (κ2) is 9.77. The molecule has 2 aromatic carbocycles. The van der Waals surface area contributed by atoms with Crippen LogP contribution in [0.3, 0.4) is 0 Å². The average Bonchev–Trinajstić information content (AvgIpc) is 3.32. The van der Waals surface area contributed by atoms with Crippen LogP contribution in [0.4, 0.5) is 13.2 Å². The number of pyridine rings is 1. The second-order valence-corrected chi connectivity index (χ2v) is 8.76. The fraction of sp³-hybridized carbons (Fsp3) is 0.333. The number of benzene rings is 2. The maximum Gasteiger partial charge on any atom is 0.416 e. The molecule has 0 radical (unpaired) electrons. The highest BCUT2D eigenvalue weighted by molar-refractivity contribution is 5.78. The molecule has 1 amide bonds. The molecule has 1 aliphatic carbocycles. The molecule has 0 aliphatic heterocycles. The molecule has 1 atom stereocenters. The third kappa shape index (κ3) is 5.44. The van der Waals surface area contributed by atoms with Crippen LogP contribution in [-0.2, 0) is 22.9 Å². The van der Waals surface area contributed by atoms with E-state index in [9.17, 15) is 18.0 Å². The third-order valence-electron chi connectivity index (χ3n) is 6.40. The molecule has 0 spiro atoms. The monoisotopic (exact) mass is 452 g/mol. The highest BCUT2D eigenvalue weighted by atomic mass is 19.4. The maximum absolute atomic E-state index is 13.6. The van der Waals surface area contributed by atoms with Gasteiger partial charge < -0.3 is 5.32 Å². The largest absolute Gasteiger partial charge is 0.416 e. The number of rotatable bonds is 7. The van der Waals surface area contributed by atoms with E-state index in [1.807, 2.05) is 30.3 Å². The lowest BCUT2D eigenvalue weighted by molar-refractivity contribution is -0.137. The molecule has 1 saturated carbocycles. The van der Waals surface area contributed by atoms with Gasteiger partial charge in [0.1, 0.15) is 5.54 Å². The van der Waals surface area contributed by atoms with Gasteiger partial charge in [-0.3, -0.25) is 9.78 Å². The number of hydrogen-bond acceptors (Lipinski definition) is 2. The van der Waals surface area contributed by atoms with Crippen molar-refractivity contribution >= 4 is 5.91 Å². The van der Waals surface area contributed by atoms with E-state index in [-0.39, 0.29) is 12.3 Å². The van der Waals surface area contributed by atoms with E-state index in [0.717, 1.165) is 43.4 Å². The highest BCUT2D eigenvalue weighted by Gasteiger charge is 2.40. The Morgan fingerprint density at radius 3 is 2.27 bits per heavy atom. The first-order valence-corrected chi connectivity index (χ1v) is 11.3. The smallest absolute Gasteiger partial charge is 0.341 e. The molecule has 1 heterocycles. The van der Waals surface area contributed by atoms with Crippen molar-refractivity contribution in [3.05, 3.63) is 101 Å². The Morgan fingerprint density at radius 1 is 0.909 bits per heavy atom. The molecule has 1 fully saturated rings. The van der Waals surface area contributed by atoms with Gasteiger partial charge in [-0.25, -0.2) is 0 Å². The van der Waals surface area contributed by atoms with Crippen molar-refractivity contribution in [3.8, 4) is 0 Å².